The molecule has 10 nitrogen and oxygen atoms in total. The molecular weight excluding hydrogens is 394 g/mol. The zero-order valence-electron chi connectivity index (χ0n) is 16.7. The van der Waals surface area contributed by atoms with Crippen LogP contribution in [0.5, 0.6) is 0 Å². The lowest BCUT2D eigenvalue weighted by Crippen LogP contribution is -2.38. The molecule has 0 spiro atoms. The van der Waals surface area contributed by atoms with E-state index in [9.17, 15) is 0 Å². The monoisotopic (exact) mass is 419 g/mol. The van der Waals surface area contributed by atoms with Gasteiger partial charge in [0.2, 0.25) is 0 Å². The van der Waals surface area contributed by atoms with E-state index >= 15 is 0 Å². The maximum Gasteiger partial charge on any atom is 0.167 e. The van der Waals surface area contributed by atoms with Crippen molar-refractivity contribution in [2.45, 2.75) is 50.6 Å². The molecule has 0 bridgehead atoms. The Labute approximate surface area is 174 Å². The smallest absolute Gasteiger partial charge is 0.167 e. The summed E-state index contributed by atoms with van der Waals surface area (Å²) in [5.41, 5.74) is 7.09. The number of aliphatic imine (C=N–C) groups is 1. The Morgan fingerprint density at radius 1 is 1.31 bits per heavy atom. The molecule has 2 aromatic rings. The van der Waals surface area contributed by atoms with Crippen LogP contribution in [0, 0.1) is 0 Å². The average Bonchev–Trinajstić information content (AvgIpc) is 3.31. The van der Waals surface area contributed by atoms with Crippen molar-refractivity contribution >= 4 is 34.4 Å². The third kappa shape index (κ3) is 4.02. The van der Waals surface area contributed by atoms with Gasteiger partial charge in [0.1, 0.15) is 30.2 Å². The molecule has 2 aromatic heterocycles. The van der Waals surface area contributed by atoms with E-state index in [1.165, 1.54) is 6.33 Å². The molecule has 11 heteroatoms. The molecule has 0 unspecified atom stereocenters. The zero-order valence-corrected chi connectivity index (χ0v) is 17.5. The second kappa shape index (κ2) is 8.02. The first-order chi connectivity index (χ1) is 13.9. The van der Waals surface area contributed by atoms with Crippen molar-refractivity contribution in [2.75, 3.05) is 32.4 Å². The van der Waals surface area contributed by atoms with Gasteiger partial charge in [-0.2, -0.15) is 0 Å². The van der Waals surface area contributed by atoms with E-state index < -0.39 is 12.0 Å². The second-order valence-corrected chi connectivity index (χ2v) is 7.98. The summed E-state index contributed by atoms with van der Waals surface area (Å²) in [6.07, 6.45) is 2.93. The number of imidazole rings is 1. The van der Waals surface area contributed by atoms with Gasteiger partial charge in [-0.25, -0.2) is 19.9 Å². The number of thiocarbonyl (C=S) groups is 1. The molecule has 4 rings (SSSR count). The maximum absolute atomic E-state index is 6.39. The minimum absolute atomic E-state index is 0.164. The number of anilines is 1. The molecular formula is C18H25N7O3S. The van der Waals surface area contributed by atoms with Gasteiger partial charge in [0.05, 0.1) is 18.0 Å². The molecule has 2 fully saturated rings. The van der Waals surface area contributed by atoms with Crippen LogP contribution in [0.4, 0.5) is 5.82 Å². The largest absolute Gasteiger partial charge is 0.382 e. The fourth-order valence-electron chi connectivity index (χ4n) is 3.95. The maximum atomic E-state index is 6.39. The molecule has 2 N–H and O–H groups in total. The highest BCUT2D eigenvalue weighted by Gasteiger charge is 2.56. The highest BCUT2D eigenvalue weighted by atomic mass is 32.1. The number of isothiocyanates is 1. The van der Waals surface area contributed by atoms with Gasteiger partial charge in [0.15, 0.2) is 23.5 Å². The molecule has 0 aliphatic carbocycles. The Hall–Kier alpha value is -2.01. The van der Waals surface area contributed by atoms with Crippen LogP contribution >= 0.6 is 12.2 Å². The number of likely N-dealkylation sites (N-methyl/N-ethyl adjacent to an activating group) is 1. The van der Waals surface area contributed by atoms with E-state index in [2.05, 4.69) is 42.2 Å². The Morgan fingerprint density at radius 3 is 2.90 bits per heavy atom. The van der Waals surface area contributed by atoms with Gasteiger partial charge < -0.3 is 24.8 Å². The number of ether oxygens (including phenoxy) is 3. The molecule has 0 aromatic carbocycles. The van der Waals surface area contributed by atoms with Gasteiger partial charge in [0, 0.05) is 6.54 Å². The Bertz CT molecular complexity index is 929. The third-order valence-corrected chi connectivity index (χ3v) is 5.28. The average molecular weight is 420 g/mol. The number of rotatable bonds is 7. The van der Waals surface area contributed by atoms with Gasteiger partial charge in [-0.1, -0.05) is 0 Å². The quantitative estimate of drug-likeness (QED) is 0.402. The molecule has 2 saturated heterocycles. The van der Waals surface area contributed by atoms with Crippen LogP contribution in [0.3, 0.4) is 0 Å². The number of nitrogens with two attached hydrogens (primary N) is 1. The predicted octanol–water partition coefficient (Wildman–Crippen LogP) is 1.25. The van der Waals surface area contributed by atoms with Gasteiger partial charge in [-0.3, -0.25) is 4.57 Å². The summed E-state index contributed by atoms with van der Waals surface area (Å²) in [5.74, 6) is -0.352. The van der Waals surface area contributed by atoms with Gasteiger partial charge in [-0.15, -0.1) is 0 Å². The van der Waals surface area contributed by atoms with Crippen LogP contribution in [-0.2, 0) is 14.2 Å². The van der Waals surface area contributed by atoms with Crippen molar-refractivity contribution in [3.63, 3.8) is 0 Å². The van der Waals surface area contributed by atoms with Crippen molar-refractivity contribution in [3.8, 4) is 0 Å². The molecule has 0 saturated carbocycles. The first-order valence-electron chi connectivity index (χ1n) is 9.56. The first kappa shape index (κ1) is 20.3. The van der Waals surface area contributed by atoms with Gasteiger partial charge in [0.25, 0.3) is 0 Å². The van der Waals surface area contributed by atoms with Crippen molar-refractivity contribution in [2.24, 2.45) is 4.99 Å². The van der Waals surface area contributed by atoms with Crippen molar-refractivity contribution in [3.05, 3.63) is 12.7 Å². The lowest BCUT2D eigenvalue weighted by molar-refractivity contribution is -0.197. The molecule has 0 amide bonds. The minimum atomic E-state index is -0.688. The van der Waals surface area contributed by atoms with E-state index in [-0.39, 0.29) is 18.3 Å². The molecule has 29 heavy (non-hydrogen) atoms. The molecule has 4 atom stereocenters. The lowest BCUT2D eigenvalue weighted by atomic mass is 10.1. The molecule has 0 radical (unpaired) electrons. The Morgan fingerprint density at radius 2 is 2.10 bits per heavy atom. The number of fused-ring (bicyclic) bond motifs is 2. The highest BCUT2D eigenvalue weighted by Crippen LogP contribution is 2.43. The molecule has 156 valence electrons. The van der Waals surface area contributed by atoms with Crippen molar-refractivity contribution in [1.82, 2.24) is 24.4 Å². The lowest BCUT2D eigenvalue weighted by Gasteiger charge is -2.27. The Kier molecular flexibility index (Phi) is 5.60. The number of aromatic nitrogens is 4. The van der Waals surface area contributed by atoms with E-state index in [4.69, 9.17) is 19.9 Å². The molecule has 4 heterocycles. The number of nitrogen functional groups attached to an aromatic ring is 1. The first-order valence-corrected chi connectivity index (χ1v) is 9.97. The fraction of sp³-hybridized carbons (Fsp3) is 0.667. The van der Waals surface area contributed by atoms with E-state index in [1.54, 1.807) is 6.33 Å². The van der Waals surface area contributed by atoms with Crippen molar-refractivity contribution in [1.29, 1.82) is 0 Å². The summed E-state index contributed by atoms with van der Waals surface area (Å²) >= 11 is 4.61. The number of nitrogens with zero attached hydrogens (tertiary/aromatic N) is 6. The van der Waals surface area contributed by atoms with Gasteiger partial charge in [-0.05, 0) is 46.1 Å². The van der Waals surface area contributed by atoms with Crippen LogP contribution in [-0.4, -0.2) is 80.4 Å². The SMILES string of the molecule is CN(CCCN=C=S)C[C@H]1O[C@@H](n2cnc3c(N)ncnc32)[C@@H]2OC(C)(C)O[C@@H]21. The number of hydrogen-bond donors (Lipinski definition) is 1. The van der Waals surface area contributed by atoms with E-state index in [0.717, 1.165) is 13.0 Å². The summed E-state index contributed by atoms with van der Waals surface area (Å²) in [6, 6.07) is 0. The summed E-state index contributed by atoms with van der Waals surface area (Å²) < 4.78 is 20.6. The van der Waals surface area contributed by atoms with E-state index in [1.807, 2.05) is 25.5 Å². The normalized spacial score (nSPS) is 28.0. The summed E-state index contributed by atoms with van der Waals surface area (Å²) in [7, 11) is 2.05. The molecule has 2 aliphatic heterocycles. The van der Waals surface area contributed by atoms with Crippen LogP contribution < -0.4 is 5.73 Å². The molecule has 2 aliphatic rings. The standard InChI is InChI=1S/C18H25N7O3S/c1-18(2)27-13-11(7-24(3)6-4-5-20-10-29)26-17(14(13)28-18)25-9-23-12-15(19)21-8-22-16(12)25/h8-9,11,13-14,17H,4-7H2,1-3H3,(H2,19,21,22)/t11-,13-,14-,17-/m1/s1. The Balaban J connectivity index is 1.54. The van der Waals surface area contributed by atoms with Crippen LogP contribution in [0.15, 0.2) is 17.6 Å². The summed E-state index contributed by atoms with van der Waals surface area (Å²) in [4.78, 5) is 18.9. The van der Waals surface area contributed by atoms with Crippen LogP contribution in [0.1, 0.15) is 26.5 Å². The van der Waals surface area contributed by atoms with Crippen LogP contribution in [0.2, 0.25) is 0 Å². The van der Waals surface area contributed by atoms with Crippen LogP contribution in [0.25, 0.3) is 11.2 Å². The minimum Gasteiger partial charge on any atom is -0.382 e. The fourth-order valence-corrected chi connectivity index (χ4v) is 4.04. The summed E-state index contributed by atoms with van der Waals surface area (Å²) in [6.45, 7) is 6.06. The highest BCUT2D eigenvalue weighted by molar-refractivity contribution is 7.78. The predicted molar refractivity (Wildman–Crippen MR) is 109 cm³/mol. The van der Waals surface area contributed by atoms with Gasteiger partial charge >= 0.3 is 0 Å². The van der Waals surface area contributed by atoms with E-state index in [0.29, 0.717) is 30.1 Å². The van der Waals surface area contributed by atoms with Crippen molar-refractivity contribution < 1.29 is 14.2 Å². The number of hydrogen-bond acceptors (Lipinski definition) is 10. The topological polar surface area (TPSA) is 113 Å². The second-order valence-electron chi connectivity index (χ2n) is 7.80. The third-order valence-electron chi connectivity index (χ3n) is 5.15. The summed E-state index contributed by atoms with van der Waals surface area (Å²) in [5, 5.41) is 2.39. The zero-order chi connectivity index (χ0) is 20.6.